The van der Waals surface area contributed by atoms with Gasteiger partial charge in [0.05, 0.1) is 0 Å². The summed E-state index contributed by atoms with van der Waals surface area (Å²) in [5, 5.41) is 4.80. The van der Waals surface area contributed by atoms with Crippen LogP contribution in [-0.2, 0) is 0 Å². The fourth-order valence-corrected chi connectivity index (χ4v) is 3.42. The predicted octanol–water partition coefficient (Wildman–Crippen LogP) is 4.54. The monoisotopic (exact) mass is 357 g/mol. The lowest BCUT2D eigenvalue weighted by atomic mass is 9.97. The number of halogens is 2. The van der Waals surface area contributed by atoms with Gasteiger partial charge in [-0.2, -0.15) is 0 Å². The summed E-state index contributed by atoms with van der Waals surface area (Å²) in [4.78, 5) is 5.96. The van der Waals surface area contributed by atoms with E-state index in [-0.39, 0.29) is 24.8 Å². The van der Waals surface area contributed by atoms with Gasteiger partial charge in [0, 0.05) is 43.9 Å². The number of H-pyrrole nitrogens is 1. The average Bonchev–Trinajstić information content (AvgIpc) is 3.00. The normalized spacial score (nSPS) is 16.6. The minimum absolute atomic E-state index is 0. The number of nitrogens with zero attached hydrogens (tertiary/aromatic N) is 1. The first-order chi connectivity index (χ1) is 10.4. The maximum absolute atomic E-state index is 3.47. The van der Waals surface area contributed by atoms with Crippen molar-refractivity contribution in [2.24, 2.45) is 0 Å². The molecule has 1 atom stereocenters. The van der Waals surface area contributed by atoms with Gasteiger partial charge < -0.3 is 10.3 Å². The second kappa shape index (κ2) is 10.2. The number of fused-ring (bicyclic) bond motifs is 1. The van der Waals surface area contributed by atoms with E-state index in [4.69, 9.17) is 0 Å². The smallest absolute Gasteiger partial charge is 0.0454 e. The van der Waals surface area contributed by atoms with Crippen molar-refractivity contribution in [3.63, 3.8) is 0 Å². The molecule has 1 saturated heterocycles. The van der Waals surface area contributed by atoms with Gasteiger partial charge in [0.25, 0.3) is 0 Å². The van der Waals surface area contributed by atoms with Crippen LogP contribution in [0.3, 0.4) is 0 Å². The highest BCUT2D eigenvalue weighted by molar-refractivity contribution is 5.85. The molecular weight excluding hydrogens is 329 g/mol. The Labute approximate surface area is 152 Å². The number of hydrogen-bond donors (Lipinski definition) is 2. The van der Waals surface area contributed by atoms with E-state index in [2.05, 4.69) is 46.4 Å². The zero-order valence-electron chi connectivity index (χ0n) is 13.9. The van der Waals surface area contributed by atoms with Crippen LogP contribution in [-0.4, -0.2) is 36.1 Å². The largest absolute Gasteiger partial charge is 0.361 e. The molecule has 23 heavy (non-hydrogen) atoms. The number of aromatic amines is 1. The molecule has 3 nitrogen and oxygen atoms in total. The Bertz CT molecular complexity index is 564. The molecule has 0 unspecified atom stereocenters. The van der Waals surface area contributed by atoms with Crippen molar-refractivity contribution in [1.82, 2.24) is 15.2 Å². The van der Waals surface area contributed by atoms with Gasteiger partial charge in [-0.3, -0.25) is 4.90 Å². The van der Waals surface area contributed by atoms with E-state index >= 15 is 0 Å². The Morgan fingerprint density at radius 1 is 1.09 bits per heavy atom. The van der Waals surface area contributed by atoms with E-state index in [1.165, 1.54) is 55.2 Å². The average molecular weight is 358 g/mol. The third-order valence-electron chi connectivity index (χ3n) is 4.64. The van der Waals surface area contributed by atoms with Crippen LogP contribution in [0.25, 0.3) is 10.9 Å². The maximum Gasteiger partial charge on any atom is 0.0454 e. The third kappa shape index (κ3) is 5.12. The molecule has 0 radical (unpaired) electrons. The van der Waals surface area contributed by atoms with Crippen LogP contribution in [0.15, 0.2) is 30.5 Å². The fourth-order valence-electron chi connectivity index (χ4n) is 3.42. The summed E-state index contributed by atoms with van der Waals surface area (Å²) >= 11 is 0. The first-order valence-corrected chi connectivity index (χ1v) is 8.40. The van der Waals surface area contributed by atoms with Crippen molar-refractivity contribution in [3.05, 3.63) is 36.0 Å². The van der Waals surface area contributed by atoms with Crippen LogP contribution >= 0.6 is 24.8 Å². The van der Waals surface area contributed by atoms with Gasteiger partial charge >= 0.3 is 0 Å². The predicted molar refractivity (Wildman–Crippen MR) is 104 cm³/mol. The van der Waals surface area contributed by atoms with Gasteiger partial charge in [-0.25, -0.2) is 0 Å². The SMILES string of the molecule is CCCCC[C@@H](c1ccc2[nH]ccc2c1)N1CCNCC1.Cl.Cl. The molecule has 0 aliphatic carbocycles. The first-order valence-electron chi connectivity index (χ1n) is 8.40. The summed E-state index contributed by atoms with van der Waals surface area (Å²) in [6.45, 7) is 6.86. The summed E-state index contributed by atoms with van der Waals surface area (Å²) in [5.41, 5.74) is 2.73. The lowest BCUT2D eigenvalue weighted by Gasteiger charge is -2.35. The zero-order valence-corrected chi connectivity index (χ0v) is 15.5. The number of hydrogen-bond acceptors (Lipinski definition) is 2. The van der Waals surface area contributed by atoms with Crippen LogP contribution in [0, 0.1) is 0 Å². The van der Waals surface area contributed by atoms with Crippen LogP contribution < -0.4 is 5.32 Å². The molecule has 0 amide bonds. The lowest BCUT2D eigenvalue weighted by Crippen LogP contribution is -2.45. The van der Waals surface area contributed by atoms with Crippen LogP contribution in [0.2, 0.25) is 0 Å². The molecule has 1 fully saturated rings. The third-order valence-corrected chi connectivity index (χ3v) is 4.64. The molecule has 0 saturated carbocycles. The molecule has 130 valence electrons. The van der Waals surface area contributed by atoms with Gasteiger partial charge in [0.2, 0.25) is 0 Å². The second-order valence-electron chi connectivity index (χ2n) is 6.12. The minimum atomic E-state index is 0. The molecule has 2 heterocycles. The summed E-state index contributed by atoms with van der Waals surface area (Å²) in [6.07, 6.45) is 7.28. The van der Waals surface area contributed by atoms with Gasteiger partial charge in [-0.1, -0.05) is 32.3 Å². The van der Waals surface area contributed by atoms with E-state index in [1.807, 2.05) is 6.20 Å². The molecule has 1 aliphatic rings. The van der Waals surface area contributed by atoms with Crippen molar-refractivity contribution in [2.75, 3.05) is 26.2 Å². The van der Waals surface area contributed by atoms with E-state index in [9.17, 15) is 0 Å². The molecule has 1 aliphatic heterocycles. The van der Waals surface area contributed by atoms with Crippen molar-refractivity contribution >= 4 is 35.7 Å². The number of aromatic nitrogens is 1. The molecule has 1 aromatic carbocycles. The van der Waals surface area contributed by atoms with Gasteiger partial charge in [0.1, 0.15) is 0 Å². The van der Waals surface area contributed by atoms with E-state index in [0.717, 1.165) is 13.1 Å². The Hall–Kier alpha value is -0.740. The van der Waals surface area contributed by atoms with Crippen molar-refractivity contribution in [1.29, 1.82) is 0 Å². The highest BCUT2D eigenvalue weighted by Crippen LogP contribution is 2.29. The van der Waals surface area contributed by atoms with Crippen molar-refractivity contribution in [2.45, 2.75) is 38.6 Å². The topological polar surface area (TPSA) is 31.1 Å². The highest BCUT2D eigenvalue weighted by atomic mass is 35.5. The Balaban J connectivity index is 0.00000132. The zero-order chi connectivity index (χ0) is 14.5. The molecule has 1 aromatic heterocycles. The number of rotatable bonds is 6. The Morgan fingerprint density at radius 2 is 1.87 bits per heavy atom. The highest BCUT2D eigenvalue weighted by Gasteiger charge is 2.21. The molecule has 2 aromatic rings. The van der Waals surface area contributed by atoms with Gasteiger partial charge in [0.15, 0.2) is 0 Å². The molecule has 2 N–H and O–H groups in total. The minimum Gasteiger partial charge on any atom is -0.361 e. The molecule has 3 rings (SSSR count). The second-order valence-corrected chi connectivity index (χ2v) is 6.12. The quantitative estimate of drug-likeness (QED) is 0.743. The molecule has 0 spiro atoms. The van der Waals surface area contributed by atoms with Crippen LogP contribution in [0.5, 0.6) is 0 Å². The summed E-state index contributed by atoms with van der Waals surface area (Å²) in [7, 11) is 0. The number of nitrogens with one attached hydrogen (secondary N) is 2. The van der Waals surface area contributed by atoms with Gasteiger partial charge in [-0.15, -0.1) is 24.8 Å². The molecular formula is C18H29Cl2N3. The Kier molecular flexibility index (Phi) is 9.00. The number of unbranched alkanes of at least 4 members (excludes halogenated alkanes) is 2. The molecule has 5 heteroatoms. The fraction of sp³-hybridized carbons (Fsp3) is 0.556. The number of benzene rings is 1. The first kappa shape index (κ1) is 20.3. The molecule has 0 bridgehead atoms. The Morgan fingerprint density at radius 3 is 2.61 bits per heavy atom. The van der Waals surface area contributed by atoms with Crippen LogP contribution in [0.1, 0.15) is 44.2 Å². The van der Waals surface area contributed by atoms with E-state index < -0.39 is 0 Å². The summed E-state index contributed by atoms with van der Waals surface area (Å²) in [6, 6.07) is 9.69. The summed E-state index contributed by atoms with van der Waals surface area (Å²) in [5.74, 6) is 0. The van der Waals surface area contributed by atoms with Crippen LogP contribution in [0.4, 0.5) is 0 Å². The number of piperazine rings is 1. The van der Waals surface area contributed by atoms with Gasteiger partial charge in [-0.05, 0) is 35.6 Å². The maximum atomic E-state index is 3.47. The van der Waals surface area contributed by atoms with E-state index in [1.54, 1.807) is 0 Å². The van der Waals surface area contributed by atoms with E-state index in [0.29, 0.717) is 6.04 Å². The standard InChI is InChI=1S/C18H27N3.2ClH/c1-2-3-4-5-18(21-12-10-19-11-13-21)16-6-7-17-15(14-16)8-9-20-17;;/h6-9,14,18-20H,2-5,10-13H2,1H3;2*1H/t18-;;/m0../s1. The lowest BCUT2D eigenvalue weighted by molar-refractivity contribution is 0.163. The van der Waals surface area contributed by atoms with Crippen molar-refractivity contribution < 1.29 is 0 Å². The summed E-state index contributed by atoms with van der Waals surface area (Å²) < 4.78 is 0. The van der Waals surface area contributed by atoms with Crippen molar-refractivity contribution in [3.8, 4) is 0 Å².